The number of aliphatic hydroxyl groups is 5. The highest BCUT2D eigenvalue weighted by Gasteiger charge is 2.46. The van der Waals surface area contributed by atoms with Crippen molar-refractivity contribution in [2.75, 3.05) is 20.8 Å². The summed E-state index contributed by atoms with van der Waals surface area (Å²) in [7, 11) is 2.48. The molecule has 0 amide bonds. The van der Waals surface area contributed by atoms with Gasteiger partial charge in [0.15, 0.2) is 17.3 Å². The van der Waals surface area contributed by atoms with Crippen molar-refractivity contribution in [3.05, 3.63) is 46.0 Å². The average Bonchev–Trinajstić information content (AvgIpc) is 2.87. The molecule has 6 N–H and O–H groups in total. The van der Waals surface area contributed by atoms with E-state index in [1.807, 2.05) is 0 Å². The minimum absolute atomic E-state index is 0.00430. The number of ether oxygens (including phenoxy) is 4. The van der Waals surface area contributed by atoms with Crippen LogP contribution in [0.15, 0.2) is 18.2 Å². The number of carbonyl (C=O) groups excluding carboxylic acids is 2. The Hall–Kier alpha value is -3.26. The smallest absolute Gasteiger partial charge is 0.229 e. The van der Waals surface area contributed by atoms with E-state index >= 15 is 0 Å². The van der Waals surface area contributed by atoms with Gasteiger partial charge in [-0.2, -0.15) is 0 Å². The molecule has 0 bridgehead atoms. The lowest BCUT2D eigenvalue weighted by atomic mass is 9.81. The third kappa shape index (κ3) is 3.89. The van der Waals surface area contributed by atoms with Crippen molar-refractivity contribution in [2.45, 2.75) is 37.3 Å². The molecule has 12 heteroatoms. The summed E-state index contributed by atoms with van der Waals surface area (Å²) < 4.78 is 21.4. The van der Waals surface area contributed by atoms with Crippen molar-refractivity contribution in [3.8, 4) is 23.0 Å². The number of aromatic hydroxyl groups is 1. The molecule has 2 aliphatic rings. The van der Waals surface area contributed by atoms with Gasteiger partial charge in [0.25, 0.3) is 0 Å². The molecule has 4 rings (SSSR count). The predicted molar refractivity (Wildman–Crippen MR) is 115 cm³/mol. The van der Waals surface area contributed by atoms with Crippen LogP contribution in [0.3, 0.4) is 0 Å². The van der Waals surface area contributed by atoms with Crippen LogP contribution in [-0.4, -0.2) is 93.7 Å². The van der Waals surface area contributed by atoms with Gasteiger partial charge in [-0.3, -0.25) is 9.59 Å². The largest absolute Gasteiger partial charge is 0.504 e. The van der Waals surface area contributed by atoms with E-state index in [1.165, 1.54) is 26.4 Å². The number of ketones is 2. The molecular formula is C23H24O12. The van der Waals surface area contributed by atoms with E-state index in [0.717, 1.165) is 6.07 Å². The number of aliphatic hydroxyl groups excluding tert-OH is 5. The lowest BCUT2D eigenvalue weighted by Gasteiger charge is -2.40. The van der Waals surface area contributed by atoms with Crippen LogP contribution in [0.4, 0.5) is 0 Å². The first-order valence-electron chi connectivity index (χ1n) is 10.5. The highest BCUT2D eigenvalue weighted by Crippen LogP contribution is 2.46. The maximum atomic E-state index is 13.6. The minimum atomic E-state index is -1.80. The summed E-state index contributed by atoms with van der Waals surface area (Å²) in [5, 5.41) is 60.1. The number of hydrogen-bond donors (Lipinski definition) is 6. The standard InChI is InChI=1S/C23H24O12/c1-32-10-4-8(6-24)3-9-14(10)20(29)15-11(5-12(33-2)18(27)16(15)17(9)26)34-23-22(31)21(30)19(28)13(7-25)35-23/h3-5,13,19,21-25,27-28,30-31H,6-7H2,1-2H3/t13-,19-,21+,22-,23-/m1/s1. The third-order valence-corrected chi connectivity index (χ3v) is 6.03. The first-order chi connectivity index (χ1) is 16.7. The van der Waals surface area contributed by atoms with E-state index in [2.05, 4.69) is 0 Å². The van der Waals surface area contributed by atoms with Crippen molar-refractivity contribution in [2.24, 2.45) is 0 Å². The molecule has 0 aromatic heterocycles. The molecule has 1 heterocycles. The molecule has 2 aromatic carbocycles. The van der Waals surface area contributed by atoms with Crippen LogP contribution in [0.2, 0.25) is 0 Å². The highest BCUT2D eigenvalue weighted by atomic mass is 16.7. The Kier molecular flexibility index (Phi) is 6.68. The zero-order valence-corrected chi connectivity index (χ0v) is 18.7. The van der Waals surface area contributed by atoms with Crippen LogP contribution in [0.25, 0.3) is 0 Å². The van der Waals surface area contributed by atoms with Gasteiger partial charge in [0.1, 0.15) is 35.9 Å². The number of carbonyl (C=O) groups is 2. The summed E-state index contributed by atoms with van der Waals surface area (Å²) in [4.78, 5) is 27.0. The first kappa shape index (κ1) is 24.9. The number of fused-ring (bicyclic) bond motifs is 2. The third-order valence-electron chi connectivity index (χ3n) is 6.03. The van der Waals surface area contributed by atoms with E-state index in [9.17, 15) is 40.2 Å². The summed E-state index contributed by atoms with van der Waals surface area (Å²) in [5.74, 6) is -2.76. The molecule has 188 valence electrons. The second-order valence-electron chi connectivity index (χ2n) is 8.03. The summed E-state index contributed by atoms with van der Waals surface area (Å²) in [6, 6.07) is 3.79. The fourth-order valence-electron chi connectivity index (χ4n) is 4.21. The molecule has 1 saturated heterocycles. The van der Waals surface area contributed by atoms with Crippen molar-refractivity contribution in [1.82, 2.24) is 0 Å². The zero-order valence-electron chi connectivity index (χ0n) is 18.7. The van der Waals surface area contributed by atoms with E-state index in [0.29, 0.717) is 5.56 Å². The molecule has 0 radical (unpaired) electrons. The molecule has 0 spiro atoms. The molecular weight excluding hydrogens is 468 g/mol. The number of methoxy groups -OCH3 is 2. The van der Waals surface area contributed by atoms with E-state index < -0.39 is 66.8 Å². The molecule has 35 heavy (non-hydrogen) atoms. The average molecular weight is 492 g/mol. The van der Waals surface area contributed by atoms with Crippen molar-refractivity contribution in [1.29, 1.82) is 0 Å². The Balaban J connectivity index is 1.88. The molecule has 12 nitrogen and oxygen atoms in total. The number of benzene rings is 2. The van der Waals surface area contributed by atoms with Gasteiger partial charge in [-0.15, -0.1) is 0 Å². The minimum Gasteiger partial charge on any atom is -0.504 e. The summed E-state index contributed by atoms with van der Waals surface area (Å²) in [6.07, 6.45) is -8.16. The fourth-order valence-corrected chi connectivity index (χ4v) is 4.21. The van der Waals surface area contributed by atoms with Gasteiger partial charge >= 0.3 is 0 Å². The molecule has 0 unspecified atom stereocenters. The monoisotopic (exact) mass is 492 g/mol. The van der Waals surface area contributed by atoms with Gasteiger partial charge < -0.3 is 49.6 Å². The fraction of sp³-hybridized carbons (Fsp3) is 0.391. The van der Waals surface area contributed by atoms with Crippen LogP contribution in [-0.2, 0) is 11.3 Å². The maximum absolute atomic E-state index is 13.6. The van der Waals surface area contributed by atoms with E-state index in [4.69, 9.17) is 18.9 Å². The Morgan fingerprint density at radius 3 is 2.11 bits per heavy atom. The second-order valence-corrected chi connectivity index (χ2v) is 8.03. The van der Waals surface area contributed by atoms with Crippen molar-refractivity contribution in [3.63, 3.8) is 0 Å². The number of hydrogen-bond acceptors (Lipinski definition) is 12. The molecule has 2 aromatic rings. The normalized spacial score (nSPS) is 25.6. The van der Waals surface area contributed by atoms with Gasteiger partial charge in [-0.05, 0) is 17.7 Å². The number of rotatable bonds is 6. The van der Waals surface area contributed by atoms with Crippen LogP contribution in [0.5, 0.6) is 23.0 Å². The van der Waals surface area contributed by atoms with Crippen LogP contribution in [0.1, 0.15) is 37.4 Å². The van der Waals surface area contributed by atoms with Gasteiger partial charge in [0, 0.05) is 11.6 Å². The Bertz CT molecular complexity index is 1170. The Morgan fingerprint density at radius 1 is 0.829 bits per heavy atom. The summed E-state index contributed by atoms with van der Waals surface area (Å²) in [6.45, 7) is -1.15. The Morgan fingerprint density at radius 2 is 1.51 bits per heavy atom. The zero-order chi connectivity index (χ0) is 25.6. The first-order valence-corrected chi connectivity index (χ1v) is 10.5. The molecule has 5 atom stereocenters. The number of phenols is 1. The lowest BCUT2D eigenvalue weighted by Crippen LogP contribution is -2.60. The summed E-state index contributed by atoms with van der Waals surface area (Å²) in [5.41, 5.74) is -0.782. The van der Waals surface area contributed by atoms with Crippen molar-refractivity contribution < 1.29 is 59.2 Å². The molecule has 0 saturated carbocycles. The van der Waals surface area contributed by atoms with Gasteiger partial charge in [0.2, 0.25) is 12.1 Å². The Labute approximate surface area is 198 Å². The predicted octanol–water partition coefficient (Wildman–Crippen LogP) is -1.14. The van der Waals surface area contributed by atoms with Crippen LogP contribution >= 0.6 is 0 Å². The van der Waals surface area contributed by atoms with Gasteiger partial charge in [-0.1, -0.05) is 0 Å². The lowest BCUT2D eigenvalue weighted by molar-refractivity contribution is -0.277. The highest BCUT2D eigenvalue weighted by molar-refractivity contribution is 6.31. The molecule has 1 aliphatic carbocycles. The van der Waals surface area contributed by atoms with Crippen molar-refractivity contribution >= 4 is 11.6 Å². The topological polar surface area (TPSA) is 192 Å². The van der Waals surface area contributed by atoms with Gasteiger partial charge in [0.05, 0.1) is 44.1 Å². The maximum Gasteiger partial charge on any atom is 0.229 e. The molecule has 1 aliphatic heterocycles. The van der Waals surface area contributed by atoms with E-state index in [1.54, 1.807) is 0 Å². The van der Waals surface area contributed by atoms with Crippen LogP contribution in [0, 0.1) is 0 Å². The van der Waals surface area contributed by atoms with E-state index in [-0.39, 0.29) is 33.9 Å². The molecule has 1 fully saturated rings. The SMILES string of the molecule is COc1cc(O[C@@H]2O[C@H](CO)[C@@H](O)[C@H](O)[C@H]2O)c2c(c1O)C(=O)c1cc(CO)cc(OC)c1C2=O. The second kappa shape index (κ2) is 9.41. The van der Waals surface area contributed by atoms with Crippen LogP contribution < -0.4 is 14.2 Å². The number of phenolic OH excluding ortho intramolecular Hbond substituents is 1. The van der Waals surface area contributed by atoms with Gasteiger partial charge in [-0.25, -0.2) is 0 Å². The quantitative estimate of drug-likeness (QED) is 0.243. The summed E-state index contributed by atoms with van der Waals surface area (Å²) >= 11 is 0.